The number of nitrogens with zero attached hydrogens (tertiary/aromatic N) is 1. The van der Waals surface area contributed by atoms with Crippen LogP contribution in [0.1, 0.15) is 83.4 Å². The van der Waals surface area contributed by atoms with Crippen LogP contribution < -0.4 is 22.1 Å². The fourth-order valence-corrected chi connectivity index (χ4v) is 7.54. The van der Waals surface area contributed by atoms with Crippen LogP contribution in [0.5, 0.6) is 0 Å². The summed E-state index contributed by atoms with van der Waals surface area (Å²) in [5.41, 5.74) is 11.7. The Balaban J connectivity index is 1.83. The third-order valence-corrected chi connectivity index (χ3v) is 9.98. The van der Waals surface area contributed by atoms with Gasteiger partial charge in [0, 0.05) is 18.3 Å². The third-order valence-electron chi connectivity index (χ3n) is 9.98. The number of aromatic amines is 1. The summed E-state index contributed by atoms with van der Waals surface area (Å²) in [5.74, 6) is -1.87. The third kappa shape index (κ3) is 8.12. The molecule has 1 amide bonds. The number of H-pyrrole nitrogens is 1. The molecule has 9 N–H and O–H groups in total. The topological polar surface area (TPSA) is 196 Å². The van der Waals surface area contributed by atoms with Gasteiger partial charge >= 0.3 is 0 Å². The molecular formula is C35H54N6O5. The lowest BCUT2D eigenvalue weighted by molar-refractivity contribution is -0.157. The number of rotatable bonds is 16. The van der Waals surface area contributed by atoms with Crippen molar-refractivity contribution in [3.63, 3.8) is 0 Å². The Bertz CT molecular complexity index is 1270. The van der Waals surface area contributed by atoms with Crippen molar-refractivity contribution >= 4 is 17.5 Å². The fraction of sp³-hybridized carbons (Fsp3) is 0.657. The Hall–Kier alpha value is -2.96. The number of aromatic nitrogens is 2. The molecule has 1 aromatic heterocycles. The average Bonchev–Trinajstić information content (AvgIpc) is 3.76. The van der Waals surface area contributed by atoms with Gasteiger partial charge in [0.1, 0.15) is 5.41 Å². The van der Waals surface area contributed by atoms with Gasteiger partial charge in [-0.3, -0.25) is 14.4 Å². The van der Waals surface area contributed by atoms with Gasteiger partial charge in [0.2, 0.25) is 5.91 Å². The molecule has 0 spiro atoms. The highest BCUT2D eigenvalue weighted by Gasteiger charge is 2.61. The number of ketones is 2. The molecule has 1 saturated heterocycles. The van der Waals surface area contributed by atoms with E-state index < -0.39 is 58.9 Å². The zero-order chi connectivity index (χ0) is 33.5. The first-order valence-corrected chi connectivity index (χ1v) is 16.9. The summed E-state index contributed by atoms with van der Waals surface area (Å²) >= 11 is 0. The van der Waals surface area contributed by atoms with Crippen LogP contribution in [0.15, 0.2) is 42.9 Å². The molecule has 0 bridgehead atoms. The van der Waals surface area contributed by atoms with Gasteiger partial charge in [-0.2, -0.15) is 0 Å². The lowest BCUT2D eigenvalue weighted by atomic mass is 9.56. The summed E-state index contributed by atoms with van der Waals surface area (Å²) in [4.78, 5) is 51.3. The van der Waals surface area contributed by atoms with E-state index in [9.17, 15) is 19.8 Å². The van der Waals surface area contributed by atoms with Crippen molar-refractivity contribution < 1.29 is 24.6 Å². The van der Waals surface area contributed by atoms with Crippen LogP contribution in [0.2, 0.25) is 0 Å². The fourth-order valence-electron chi connectivity index (χ4n) is 7.54. The van der Waals surface area contributed by atoms with E-state index >= 15 is 4.79 Å². The van der Waals surface area contributed by atoms with Gasteiger partial charge in [-0.05, 0) is 69.4 Å². The summed E-state index contributed by atoms with van der Waals surface area (Å²) in [7, 11) is 0. The summed E-state index contributed by atoms with van der Waals surface area (Å²) in [6.07, 6.45) is 5.86. The molecule has 2 heterocycles. The lowest BCUT2D eigenvalue weighted by Gasteiger charge is -2.48. The molecule has 2 aromatic rings. The highest BCUT2D eigenvalue weighted by atomic mass is 16.3. The second kappa shape index (κ2) is 15.8. The van der Waals surface area contributed by atoms with E-state index in [-0.39, 0.29) is 31.0 Å². The van der Waals surface area contributed by atoms with Gasteiger partial charge in [0.15, 0.2) is 11.6 Å². The smallest absolute Gasteiger partial charge is 0.240 e. The minimum Gasteiger partial charge on any atom is -0.390 e. The predicted molar refractivity (Wildman–Crippen MR) is 176 cm³/mol. The van der Waals surface area contributed by atoms with E-state index in [1.807, 2.05) is 44.2 Å². The standard InChI is InChI=1S/C35H54N6O5/c1-22(2)17-28(42)29(43)30(36)35(24-13-8-5-9-14-24,31(44)26-15-10-16-39-26)32(45)27(18-23-11-6-4-7-12-23)41-33(46)34(3,37)19-25-20-38-21-40-25/h4,6-7,11-12,20-22,24,26-30,39,42-43H,5,8-10,13-19,36-37H2,1-3H3,(H,38,40)(H,41,46)/t26-,27-,28-,29-,30+,34-,35?/m0/s1. The Morgan fingerprint density at radius 2 is 1.76 bits per heavy atom. The summed E-state index contributed by atoms with van der Waals surface area (Å²) in [6.45, 7) is 6.07. The first-order chi connectivity index (χ1) is 21.9. The predicted octanol–water partition coefficient (Wildman–Crippen LogP) is 1.95. The monoisotopic (exact) mass is 638 g/mol. The second-order valence-corrected chi connectivity index (χ2v) is 14.2. The first-order valence-electron chi connectivity index (χ1n) is 16.9. The Labute approximate surface area is 272 Å². The van der Waals surface area contributed by atoms with Crippen LogP contribution in [-0.4, -0.2) is 80.1 Å². The van der Waals surface area contributed by atoms with Gasteiger partial charge < -0.3 is 37.3 Å². The minimum atomic E-state index is -1.86. The number of aliphatic hydroxyl groups excluding tert-OH is 2. The van der Waals surface area contributed by atoms with Gasteiger partial charge in [-0.15, -0.1) is 0 Å². The van der Waals surface area contributed by atoms with Crippen LogP contribution >= 0.6 is 0 Å². The molecule has 1 aliphatic heterocycles. The summed E-state index contributed by atoms with van der Waals surface area (Å²) < 4.78 is 0. The van der Waals surface area contributed by atoms with E-state index in [1.54, 1.807) is 13.1 Å². The maximum Gasteiger partial charge on any atom is 0.240 e. The maximum absolute atomic E-state index is 15.4. The number of nitrogens with one attached hydrogen (secondary N) is 3. The molecule has 1 aromatic carbocycles. The molecule has 11 heteroatoms. The van der Waals surface area contributed by atoms with Crippen molar-refractivity contribution in [2.75, 3.05) is 6.54 Å². The van der Waals surface area contributed by atoms with Crippen LogP contribution in [0, 0.1) is 17.3 Å². The number of carbonyl (C=O) groups excluding carboxylic acids is 3. The Morgan fingerprint density at radius 1 is 1.07 bits per heavy atom. The van der Waals surface area contributed by atoms with Gasteiger partial charge in [-0.25, -0.2) is 4.98 Å². The van der Waals surface area contributed by atoms with Crippen LogP contribution in [-0.2, 0) is 27.2 Å². The van der Waals surface area contributed by atoms with E-state index in [0.717, 1.165) is 31.2 Å². The number of aliphatic hydroxyl groups is 2. The van der Waals surface area contributed by atoms with Crippen molar-refractivity contribution in [3.8, 4) is 0 Å². The Kier molecular flexibility index (Phi) is 12.3. The molecular weight excluding hydrogens is 584 g/mol. The van der Waals surface area contributed by atoms with Crippen LogP contribution in [0.3, 0.4) is 0 Å². The van der Waals surface area contributed by atoms with E-state index in [4.69, 9.17) is 11.5 Å². The number of hydrogen-bond donors (Lipinski definition) is 7. The zero-order valence-electron chi connectivity index (χ0n) is 27.6. The molecule has 2 fully saturated rings. The average molecular weight is 639 g/mol. The molecule has 1 unspecified atom stereocenters. The van der Waals surface area contributed by atoms with Crippen molar-refractivity contribution in [1.29, 1.82) is 0 Å². The number of Topliss-reactive ketones (excluding diaryl/α,β-unsaturated/α-hetero) is 2. The molecule has 11 nitrogen and oxygen atoms in total. The normalized spacial score (nSPS) is 22.7. The quantitative estimate of drug-likeness (QED) is 0.134. The highest BCUT2D eigenvalue weighted by molar-refractivity contribution is 6.13. The molecule has 1 saturated carbocycles. The number of amides is 1. The molecule has 0 radical (unpaired) electrons. The molecule has 2 aliphatic rings. The summed E-state index contributed by atoms with van der Waals surface area (Å²) in [6, 6.07) is 6.10. The van der Waals surface area contributed by atoms with Gasteiger partial charge in [0.05, 0.1) is 42.2 Å². The second-order valence-electron chi connectivity index (χ2n) is 14.2. The maximum atomic E-state index is 15.4. The Morgan fingerprint density at radius 3 is 2.35 bits per heavy atom. The molecule has 254 valence electrons. The number of nitrogens with two attached hydrogens (primary N) is 2. The van der Waals surface area contributed by atoms with Crippen LogP contribution in [0.4, 0.5) is 0 Å². The minimum absolute atomic E-state index is 0.0473. The van der Waals surface area contributed by atoms with Crippen LogP contribution in [0.25, 0.3) is 0 Å². The van der Waals surface area contributed by atoms with Gasteiger partial charge in [-0.1, -0.05) is 63.4 Å². The zero-order valence-corrected chi connectivity index (χ0v) is 27.6. The SMILES string of the molecule is CC(C)C[C@H](O)[C@H](O)[C@@H](N)C(C(=O)[C@@H]1CCCN1)(C(=O)[C@H](Cc1ccccc1)NC(=O)[C@@](C)(N)Cc1cnc[nH]1)C1CCCCC1. The molecule has 4 rings (SSSR count). The molecule has 1 aliphatic carbocycles. The van der Waals surface area contributed by atoms with Crippen molar-refractivity contribution in [3.05, 3.63) is 54.1 Å². The highest BCUT2D eigenvalue weighted by Crippen LogP contribution is 2.46. The van der Waals surface area contributed by atoms with Crippen molar-refractivity contribution in [1.82, 2.24) is 20.6 Å². The van der Waals surface area contributed by atoms with Gasteiger partial charge in [0.25, 0.3) is 0 Å². The van der Waals surface area contributed by atoms with Crippen molar-refractivity contribution in [2.45, 2.75) is 121 Å². The number of imidazole rings is 1. The first kappa shape index (κ1) is 35.9. The summed E-state index contributed by atoms with van der Waals surface area (Å²) in [5, 5.41) is 29.0. The van der Waals surface area contributed by atoms with E-state index in [1.165, 1.54) is 6.33 Å². The molecule has 46 heavy (non-hydrogen) atoms. The number of benzene rings is 1. The van der Waals surface area contributed by atoms with Crippen molar-refractivity contribution in [2.24, 2.45) is 28.7 Å². The molecule has 7 atom stereocenters. The number of hydrogen-bond acceptors (Lipinski definition) is 9. The number of carbonyl (C=O) groups is 3. The largest absolute Gasteiger partial charge is 0.390 e. The van der Waals surface area contributed by atoms with E-state index in [0.29, 0.717) is 31.5 Å². The van der Waals surface area contributed by atoms with E-state index in [2.05, 4.69) is 20.6 Å². The lowest BCUT2D eigenvalue weighted by Crippen LogP contribution is -2.70.